The van der Waals surface area contributed by atoms with Gasteiger partial charge in [0, 0.05) is 23.6 Å². The van der Waals surface area contributed by atoms with Crippen molar-refractivity contribution in [3.8, 4) is 11.3 Å². The van der Waals surface area contributed by atoms with Crippen LogP contribution in [0.25, 0.3) is 16.2 Å². The van der Waals surface area contributed by atoms with Crippen LogP contribution in [0.4, 0.5) is 5.69 Å². The maximum atomic E-state index is 10.8. The van der Waals surface area contributed by atoms with Crippen LogP contribution in [-0.4, -0.2) is 19.5 Å². The Morgan fingerprint density at radius 3 is 2.95 bits per heavy atom. The molecule has 6 nitrogen and oxygen atoms in total. The lowest BCUT2D eigenvalue weighted by Crippen LogP contribution is -1.88. The molecule has 0 aliphatic heterocycles. The Morgan fingerprint density at radius 2 is 2.25 bits per heavy atom. The van der Waals surface area contributed by atoms with E-state index in [4.69, 9.17) is 0 Å². The van der Waals surface area contributed by atoms with Gasteiger partial charge in [0.15, 0.2) is 0 Å². The van der Waals surface area contributed by atoms with Crippen LogP contribution in [0.15, 0.2) is 30.5 Å². The molecular formula is C13H10N4O2S. The number of fused-ring (bicyclic) bond motifs is 1. The molecule has 0 bridgehead atoms. The predicted octanol–water partition coefficient (Wildman–Crippen LogP) is 3.24. The summed E-state index contributed by atoms with van der Waals surface area (Å²) in [6, 6.07) is 6.50. The summed E-state index contributed by atoms with van der Waals surface area (Å²) in [7, 11) is 0. The zero-order valence-electron chi connectivity index (χ0n) is 10.4. The van der Waals surface area contributed by atoms with Gasteiger partial charge in [0.05, 0.1) is 16.8 Å². The van der Waals surface area contributed by atoms with Crippen LogP contribution >= 0.6 is 11.3 Å². The molecule has 2 heterocycles. The van der Waals surface area contributed by atoms with Crippen molar-refractivity contribution in [1.82, 2.24) is 14.6 Å². The van der Waals surface area contributed by atoms with Crippen LogP contribution in [-0.2, 0) is 0 Å². The molecule has 3 aromatic rings. The Kier molecular flexibility index (Phi) is 2.37. The van der Waals surface area contributed by atoms with Crippen LogP contribution < -0.4 is 0 Å². The van der Waals surface area contributed by atoms with Crippen LogP contribution in [0.3, 0.4) is 0 Å². The van der Waals surface area contributed by atoms with Crippen molar-refractivity contribution in [2.45, 2.75) is 18.8 Å². The maximum Gasteiger partial charge on any atom is 0.270 e. The van der Waals surface area contributed by atoms with E-state index >= 15 is 0 Å². The summed E-state index contributed by atoms with van der Waals surface area (Å²) >= 11 is 1.60. The fraction of sp³-hybridized carbons (Fsp3) is 0.231. The SMILES string of the molecule is O=[N+]([O-])c1cccc(-c2cn3nc(C4CC4)sc3n2)c1. The third kappa shape index (κ3) is 1.87. The molecule has 0 radical (unpaired) electrons. The van der Waals surface area contributed by atoms with E-state index in [1.165, 1.54) is 25.0 Å². The molecule has 1 aliphatic rings. The molecule has 1 saturated carbocycles. The molecule has 2 aromatic heterocycles. The maximum absolute atomic E-state index is 10.8. The Hall–Kier alpha value is -2.28. The second-order valence-corrected chi connectivity index (χ2v) is 5.86. The van der Waals surface area contributed by atoms with Gasteiger partial charge in [-0.05, 0) is 12.8 Å². The Bertz CT molecular complexity index is 787. The van der Waals surface area contributed by atoms with Gasteiger partial charge in [0.1, 0.15) is 5.01 Å². The van der Waals surface area contributed by atoms with E-state index in [1.807, 2.05) is 12.3 Å². The summed E-state index contributed by atoms with van der Waals surface area (Å²) in [5, 5.41) is 16.5. The molecule has 0 amide bonds. The van der Waals surface area contributed by atoms with E-state index in [1.54, 1.807) is 21.9 Å². The highest BCUT2D eigenvalue weighted by molar-refractivity contribution is 7.16. The highest BCUT2D eigenvalue weighted by atomic mass is 32.1. The second-order valence-electron chi connectivity index (χ2n) is 4.88. The summed E-state index contributed by atoms with van der Waals surface area (Å²) < 4.78 is 1.77. The number of nitro benzene ring substituents is 1. The van der Waals surface area contributed by atoms with Gasteiger partial charge in [-0.2, -0.15) is 5.10 Å². The van der Waals surface area contributed by atoms with Crippen molar-refractivity contribution in [2.24, 2.45) is 0 Å². The summed E-state index contributed by atoms with van der Waals surface area (Å²) in [6.45, 7) is 0. The number of aromatic nitrogens is 3. The Balaban J connectivity index is 1.75. The smallest absolute Gasteiger partial charge is 0.258 e. The molecule has 0 saturated heterocycles. The normalized spacial score (nSPS) is 14.8. The second kappa shape index (κ2) is 4.11. The van der Waals surface area contributed by atoms with Crippen LogP contribution in [0.5, 0.6) is 0 Å². The van der Waals surface area contributed by atoms with Gasteiger partial charge < -0.3 is 0 Å². The third-order valence-corrected chi connectivity index (χ3v) is 4.42. The zero-order valence-corrected chi connectivity index (χ0v) is 11.2. The van der Waals surface area contributed by atoms with Gasteiger partial charge in [0.25, 0.3) is 5.69 Å². The van der Waals surface area contributed by atoms with Crippen molar-refractivity contribution in [2.75, 3.05) is 0 Å². The quantitative estimate of drug-likeness (QED) is 0.547. The fourth-order valence-electron chi connectivity index (χ4n) is 2.13. The van der Waals surface area contributed by atoms with Crippen LogP contribution in [0.1, 0.15) is 23.8 Å². The van der Waals surface area contributed by atoms with Gasteiger partial charge in [0.2, 0.25) is 4.96 Å². The molecule has 0 atom stereocenters. The number of hydrogen-bond acceptors (Lipinski definition) is 5. The number of imidazole rings is 1. The summed E-state index contributed by atoms with van der Waals surface area (Å²) in [4.78, 5) is 15.8. The lowest BCUT2D eigenvalue weighted by atomic mass is 10.1. The molecule has 0 unspecified atom stereocenters. The lowest BCUT2D eigenvalue weighted by Gasteiger charge is -1.96. The first-order valence-corrected chi connectivity index (χ1v) is 7.13. The number of benzene rings is 1. The number of non-ortho nitro benzene ring substituents is 1. The fourth-order valence-corrected chi connectivity index (χ4v) is 3.18. The first kappa shape index (κ1) is 11.5. The van der Waals surface area contributed by atoms with Crippen molar-refractivity contribution in [1.29, 1.82) is 0 Å². The van der Waals surface area contributed by atoms with Crippen molar-refractivity contribution in [3.63, 3.8) is 0 Å². The van der Waals surface area contributed by atoms with Gasteiger partial charge in [-0.25, -0.2) is 9.50 Å². The van der Waals surface area contributed by atoms with E-state index in [0.717, 1.165) is 21.2 Å². The molecule has 1 fully saturated rings. The molecule has 0 spiro atoms. The zero-order chi connectivity index (χ0) is 13.7. The van der Waals surface area contributed by atoms with Gasteiger partial charge in [-0.15, -0.1) is 0 Å². The van der Waals surface area contributed by atoms with E-state index in [2.05, 4.69) is 10.1 Å². The minimum absolute atomic E-state index is 0.0745. The first-order chi connectivity index (χ1) is 9.70. The van der Waals surface area contributed by atoms with Crippen molar-refractivity contribution >= 4 is 22.0 Å². The number of rotatable bonds is 3. The minimum atomic E-state index is -0.397. The number of nitro groups is 1. The average Bonchev–Trinajstić information content (AvgIpc) is 3.09. The van der Waals surface area contributed by atoms with E-state index in [-0.39, 0.29) is 5.69 Å². The van der Waals surface area contributed by atoms with Crippen molar-refractivity contribution < 1.29 is 4.92 Å². The highest BCUT2D eigenvalue weighted by Gasteiger charge is 2.28. The number of hydrogen-bond donors (Lipinski definition) is 0. The molecule has 1 aliphatic carbocycles. The molecular weight excluding hydrogens is 276 g/mol. The van der Waals surface area contributed by atoms with Crippen LogP contribution in [0, 0.1) is 10.1 Å². The Labute approximate surface area is 117 Å². The van der Waals surface area contributed by atoms with Crippen molar-refractivity contribution in [3.05, 3.63) is 45.6 Å². The molecule has 4 rings (SSSR count). The first-order valence-electron chi connectivity index (χ1n) is 6.31. The number of nitrogens with zero attached hydrogens (tertiary/aromatic N) is 4. The average molecular weight is 286 g/mol. The topological polar surface area (TPSA) is 73.3 Å². The summed E-state index contributed by atoms with van der Waals surface area (Å²) in [6.07, 6.45) is 4.26. The lowest BCUT2D eigenvalue weighted by molar-refractivity contribution is -0.384. The van der Waals surface area contributed by atoms with Gasteiger partial charge in [-0.3, -0.25) is 10.1 Å². The highest BCUT2D eigenvalue weighted by Crippen LogP contribution is 2.42. The molecule has 100 valence electrons. The predicted molar refractivity (Wildman–Crippen MR) is 74.9 cm³/mol. The third-order valence-electron chi connectivity index (χ3n) is 3.34. The standard InChI is InChI=1S/C13H10N4O2S/c18-17(19)10-3-1-2-9(6-10)11-7-16-13(14-11)20-12(15-16)8-4-5-8/h1-3,6-8H,4-5H2. The minimum Gasteiger partial charge on any atom is -0.258 e. The van der Waals surface area contributed by atoms with Gasteiger partial charge >= 0.3 is 0 Å². The largest absolute Gasteiger partial charge is 0.270 e. The molecule has 1 aromatic carbocycles. The van der Waals surface area contributed by atoms with Crippen LogP contribution in [0.2, 0.25) is 0 Å². The molecule has 0 N–H and O–H groups in total. The molecule has 7 heteroatoms. The summed E-state index contributed by atoms with van der Waals surface area (Å²) in [5.74, 6) is 0.614. The molecule has 20 heavy (non-hydrogen) atoms. The summed E-state index contributed by atoms with van der Waals surface area (Å²) in [5.41, 5.74) is 1.53. The monoisotopic (exact) mass is 286 g/mol. The van der Waals surface area contributed by atoms with Gasteiger partial charge in [-0.1, -0.05) is 23.5 Å². The van der Waals surface area contributed by atoms with E-state index in [0.29, 0.717) is 5.92 Å². The van der Waals surface area contributed by atoms with E-state index < -0.39 is 4.92 Å². The Morgan fingerprint density at radius 1 is 1.40 bits per heavy atom. The van der Waals surface area contributed by atoms with E-state index in [9.17, 15) is 10.1 Å².